The molecular weight excluding hydrogens is 283 g/mol. The first kappa shape index (κ1) is 14.3. The number of ether oxygens (including phenoxy) is 2. The van der Waals surface area contributed by atoms with Crippen LogP contribution in [0.4, 0.5) is 0 Å². The Balaban J connectivity index is 2.36. The predicted octanol–water partition coefficient (Wildman–Crippen LogP) is 5.25. The Hall–Kier alpha value is -1.12. The maximum Gasteiger partial charge on any atom is 0.169 e. The third kappa shape index (κ3) is 3.46. The van der Waals surface area contributed by atoms with E-state index >= 15 is 0 Å². The van der Waals surface area contributed by atoms with Crippen molar-refractivity contribution in [3.05, 3.63) is 35.4 Å². The third-order valence-electron chi connectivity index (χ3n) is 2.65. The van der Waals surface area contributed by atoms with Crippen LogP contribution in [0, 0.1) is 0 Å². The maximum absolute atomic E-state index is 6.32. The second-order valence-corrected chi connectivity index (χ2v) is 5.26. The number of halogens is 2. The average molecular weight is 299 g/mol. The number of fused-ring (bicyclic) bond motifs is 1. The van der Waals surface area contributed by atoms with Gasteiger partial charge in [0.1, 0.15) is 11.5 Å². The summed E-state index contributed by atoms with van der Waals surface area (Å²) in [4.78, 5) is 0. The lowest BCUT2D eigenvalue weighted by Gasteiger charge is -2.12. The van der Waals surface area contributed by atoms with Gasteiger partial charge in [0.05, 0.1) is 11.6 Å². The minimum absolute atomic E-state index is 0.415. The van der Waals surface area contributed by atoms with Crippen LogP contribution in [0.15, 0.2) is 30.3 Å². The van der Waals surface area contributed by atoms with E-state index in [1.165, 1.54) is 0 Å². The molecular formula is C15H16Cl2O2. The second-order valence-electron chi connectivity index (χ2n) is 4.27. The van der Waals surface area contributed by atoms with E-state index in [1.807, 2.05) is 30.3 Å². The molecule has 0 fully saturated rings. The summed E-state index contributed by atoms with van der Waals surface area (Å²) in [6.07, 6.45) is 0.985. The van der Waals surface area contributed by atoms with Gasteiger partial charge in [-0.1, -0.05) is 36.2 Å². The van der Waals surface area contributed by atoms with Crippen molar-refractivity contribution in [3.63, 3.8) is 0 Å². The minimum Gasteiger partial charge on any atom is -0.494 e. The first-order valence-corrected chi connectivity index (χ1v) is 7.09. The topological polar surface area (TPSA) is 18.5 Å². The molecule has 0 aliphatic carbocycles. The van der Waals surface area contributed by atoms with Gasteiger partial charge in [0.15, 0.2) is 5.56 Å². The van der Waals surface area contributed by atoms with E-state index in [2.05, 4.69) is 6.92 Å². The monoisotopic (exact) mass is 298 g/mol. The van der Waals surface area contributed by atoms with E-state index in [-0.39, 0.29) is 0 Å². The van der Waals surface area contributed by atoms with Gasteiger partial charge in [-0.2, -0.15) is 0 Å². The molecule has 0 heterocycles. The van der Waals surface area contributed by atoms with Crippen molar-refractivity contribution in [2.45, 2.75) is 25.8 Å². The van der Waals surface area contributed by atoms with Gasteiger partial charge in [0, 0.05) is 5.39 Å². The zero-order chi connectivity index (χ0) is 13.8. The van der Waals surface area contributed by atoms with E-state index in [1.54, 1.807) is 6.92 Å². The zero-order valence-corrected chi connectivity index (χ0v) is 12.5. The van der Waals surface area contributed by atoms with Crippen molar-refractivity contribution in [1.82, 2.24) is 0 Å². The summed E-state index contributed by atoms with van der Waals surface area (Å²) in [5.41, 5.74) is -0.415. The highest BCUT2D eigenvalue weighted by Gasteiger charge is 2.09. The molecule has 102 valence electrons. The molecule has 0 spiro atoms. The van der Waals surface area contributed by atoms with Crippen molar-refractivity contribution in [2.24, 2.45) is 0 Å². The molecule has 0 N–H and O–H groups in total. The Bertz CT molecular complexity index is 567. The van der Waals surface area contributed by atoms with E-state index in [0.717, 1.165) is 22.9 Å². The van der Waals surface area contributed by atoms with Gasteiger partial charge in [-0.25, -0.2) is 0 Å². The summed E-state index contributed by atoms with van der Waals surface area (Å²) in [5, 5.41) is 2.53. The molecule has 2 rings (SSSR count). The van der Waals surface area contributed by atoms with Crippen LogP contribution in [0.25, 0.3) is 10.8 Å². The van der Waals surface area contributed by atoms with Gasteiger partial charge in [-0.15, -0.1) is 0 Å². The highest BCUT2D eigenvalue weighted by molar-refractivity contribution is 6.37. The van der Waals surface area contributed by atoms with Gasteiger partial charge >= 0.3 is 0 Å². The third-order valence-corrected chi connectivity index (χ3v) is 3.13. The summed E-state index contributed by atoms with van der Waals surface area (Å²) in [5.74, 6) is 1.45. The van der Waals surface area contributed by atoms with Crippen LogP contribution in [0.2, 0.25) is 5.02 Å². The normalized spacial score (nSPS) is 12.4. The van der Waals surface area contributed by atoms with E-state index in [0.29, 0.717) is 17.4 Å². The molecule has 1 atom stereocenters. The average Bonchev–Trinajstić information content (AvgIpc) is 2.39. The first-order valence-electron chi connectivity index (χ1n) is 6.27. The van der Waals surface area contributed by atoms with Crippen molar-refractivity contribution >= 4 is 34.0 Å². The SMILES string of the molecule is CCCOc1ccc2c(Cl)c(OC(C)Cl)ccc2c1. The van der Waals surface area contributed by atoms with Crippen molar-refractivity contribution < 1.29 is 9.47 Å². The number of hydrogen-bond acceptors (Lipinski definition) is 2. The Labute approximate surface area is 123 Å². The second kappa shape index (κ2) is 6.36. The summed E-state index contributed by atoms with van der Waals surface area (Å²) >= 11 is 12.1. The lowest BCUT2D eigenvalue weighted by molar-refractivity contribution is 0.302. The first-order chi connectivity index (χ1) is 9.11. The molecule has 19 heavy (non-hydrogen) atoms. The molecule has 0 aliphatic heterocycles. The molecule has 2 nitrogen and oxygen atoms in total. The molecule has 1 unspecified atom stereocenters. The van der Waals surface area contributed by atoms with Crippen LogP contribution in [0.3, 0.4) is 0 Å². The highest BCUT2D eigenvalue weighted by Crippen LogP contribution is 2.35. The molecule has 0 aromatic heterocycles. The van der Waals surface area contributed by atoms with Crippen molar-refractivity contribution in [3.8, 4) is 11.5 Å². The lowest BCUT2D eigenvalue weighted by atomic mass is 10.1. The molecule has 0 radical (unpaired) electrons. The number of alkyl halides is 1. The molecule has 2 aromatic carbocycles. The van der Waals surface area contributed by atoms with Gasteiger partial charge in [-0.3, -0.25) is 0 Å². The van der Waals surface area contributed by atoms with Crippen LogP contribution in [-0.2, 0) is 0 Å². The van der Waals surface area contributed by atoms with Crippen LogP contribution in [-0.4, -0.2) is 12.2 Å². The van der Waals surface area contributed by atoms with Crippen LogP contribution >= 0.6 is 23.2 Å². The molecule has 0 saturated carbocycles. The van der Waals surface area contributed by atoms with Gasteiger partial charge in [0.25, 0.3) is 0 Å². The summed E-state index contributed by atoms with van der Waals surface area (Å²) in [7, 11) is 0. The fourth-order valence-corrected chi connectivity index (χ4v) is 2.20. The maximum atomic E-state index is 6.32. The quantitative estimate of drug-likeness (QED) is 0.702. The molecule has 2 aromatic rings. The largest absolute Gasteiger partial charge is 0.494 e. The summed E-state index contributed by atoms with van der Waals surface area (Å²) in [6, 6.07) is 9.61. The molecule has 0 saturated heterocycles. The number of rotatable bonds is 5. The van der Waals surface area contributed by atoms with Crippen LogP contribution < -0.4 is 9.47 Å². The fourth-order valence-electron chi connectivity index (χ4n) is 1.83. The molecule has 0 amide bonds. The van der Waals surface area contributed by atoms with Crippen LogP contribution in [0.5, 0.6) is 11.5 Å². The predicted molar refractivity (Wildman–Crippen MR) is 80.7 cm³/mol. The Morgan fingerprint density at radius 2 is 2.00 bits per heavy atom. The zero-order valence-electron chi connectivity index (χ0n) is 11.0. The smallest absolute Gasteiger partial charge is 0.169 e. The Morgan fingerprint density at radius 1 is 1.21 bits per heavy atom. The number of hydrogen-bond donors (Lipinski definition) is 0. The lowest BCUT2D eigenvalue weighted by Crippen LogP contribution is -2.02. The minimum atomic E-state index is -0.415. The molecule has 0 bridgehead atoms. The summed E-state index contributed by atoms with van der Waals surface area (Å²) < 4.78 is 11.1. The summed E-state index contributed by atoms with van der Waals surface area (Å²) in [6.45, 7) is 4.54. The highest BCUT2D eigenvalue weighted by atomic mass is 35.5. The number of benzene rings is 2. The van der Waals surface area contributed by atoms with Crippen molar-refractivity contribution in [1.29, 1.82) is 0 Å². The van der Waals surface area contributed by atoms with E-state index in [9.17, 15) is 0 Å². The van der Waals surface area contributed by atoms with E-state index < -0.39 is 5.56 Å². The van der Waals surface area contributed by atoms with Gasteiger partial charge in [0.2, 0.25) is 0 Å². The van der Waals surface area contributed by atoms with E-state index in [4.69, 9.17) is 32.7 Å². The van der Waals surface area contributed by atoms with Gasteiger partial charge in [-0.05, 0) is 43.0 Å². The van der Waals surface area contributed by atoms with Crippen LogP contribution in [0.1, 0.15) is 20.3 Å². The Morgan fingerprint density at radius 3 is 2.68 bits per heavy atom. The van der Waals surface area contributed by atoms with Gasteiger partial charge < -0.3 is 9.47 Å². The standard InChI is InChI=1S/C15H16Cl2O2/c1-3-8-18-12-5-6-13-11(9-12)4-7-14(15(13)17)19-10(2)16/h4-7,9-10H,3,8H2,1-2H3. The van der Waals surface area contributed by atoms with Crippen molar-refractivity contribution in [2.75, 3.05) is 6.61 Å². The fraction of sp³-hybridized carbons (Fsp3) is 0.333. The Kier molecular flexibility index (Phi) is 4.78. The molecule has 0 aliphatic rings. The molecule has 4 heteroatoms.